The van der Waals surface area contributed by atoms with E-state index in [0.29, 0.717) is 52.0 Å². The van der Waals surface area contributed by atoms with Gasteiger partial charge >= 0.3 is 0 Å². The molecule has 0 bridgehead atoms. The van der Waals surface area contributed by atoms with Gasteiger partial charge in [-0.2, -0.15) is 0 Å². The lowest BCUT2D eigenvalue weighted by molar-refractivity contribution is -0.154. The van der Waals surface area contributed by atoms with Crippen LogP contribution in [0.25, 0.3) is 0 Å². The minimum absolute atomic E-state index is 0.0466. The zero-order valence-corrected chi connectivity index (χ0v) is 22.9. The Kier molecular flexibility index (Phi) is 8.79. The van der Waals surface area contributed by atoms with Gasteiger partial charge in [0.25, 0.3) is 0 Å². The number of ether oxygens (including phenoxy) is 1. The van der Waals surface area contributed by atoms with Gasteiger partial charge in [0.05, 0.1) is 17.4 Å². The van der Waals surface area contributed by atoms with Gasteiger partial charge in [-0.1, -0.05) is 57.9 Å². The molecule has 0 aromatic rings. The predicted molar refractivity (Wildman–Crippen MR) is 142 cm³/mol. The number of hydrogen-bond acceptors (Lipinski definition) is 5. The van der Waals surface area contributed by atoms with Crippen molar-refractivity contribution >= 4 is 17.7 Å². The third-order valence-corrected chi connectivity index (χ3v) is 8.69. The molecule has 0 saturated carbocycles. The van der Waals surface area contributed by atoms with E-state index in [2.05, 4.69) is 6.92 Å². The molecule has 1 N–H and O–H groups in total. The van der Waals surface area contributed by atoms with Gasteiger partial charge < -0.3 is 24.5 Å². The van der Waals surface area contributed by atoms with Crippen LogP contribution in [0.15, 0.2) is 24.3 Å². The molecule has 4 rings (SSSR count). The first-order valence-electron chi connectivity index (χ1n) is 14.4. The number of aliphatic hydroxyl groups excluding tert-OH is 1. The summed E-state index contributed by atoms with van der Waals surface area (Å²) in [5.41, 5.74) is -2.08. The van der Waals surface area contributed by atoms with Crippen LogP contribution < -0.4 is 0 Å². The van der Waals surface area contributed by atoms with Gasteiger partial charge in [0.15, 0.2) is 0 Å². The van der Waals surface area contributed by atoms with Gasteiger partial charge in [-0.25, -0.2) is 0 Å². The van der Waals surface area contributed by atoms with E-state index in [9.17, 15) is 19.5 Å². The summed E-state index contributed by atoms with van der Waals surface area (Å²) in [5.74, 6) is -1.67. The second-order valence-electron chi connectivity index (χ2n) is 11.0. The van der Waals surface area contributed by atoms with Crippen molar-refractivity contribution in [2.45, 2.75) is 89.4 Å². The summed E-state index contributed by atoms with van der Waals surface area (Å²) in [4.78, 5) is 47.9. The normalized spacial score (nSPS) is 33.0. The highest BCUT2D eigenvalue weighted by atomic mass is 16.5. The summed E-state index contributed by atoms with van der Waals surface area (Å²) in [7, 11) is 0. The average molecular weight is 516 g/mol. The molecule has 1 spiro atoms. The third kappa shape index (κ3) is 4.76. The van der Waals surface area contributed by atoms with Crippen molar-refractivity contribution in [3.8, 4) is 0 Å². The lowest BCUT2D eigenvalue weighted by Gasteiger charge is -2.38. The van der Waals surface area contributed by atoms with Gasteiger partial charge in [-0.15, -0.1) is 0 Å². The van der Waals surface area contributed by atoms with Crippen LogP contribution in [0.4, 0.5) is 0 Å². The molecule has 1 unspecified atom stereocenters. The Balaban J connectivity index is 1.77. The van der Waals surface area contributed by atoms with E-state index in [1.807, 2.05) is 48.0 Å². The Bertz CT molecular complexity index is 919. The van der Waals surface area contributed by atoms with E-state index in [-0.39, 0.29) is 24.3 Å². The summed E-state index contributed by atoms with van der Waals surface area (Å²) < 4.78 is 6.98. The minimum Gasteiger partial charge on any atom is -0.396 e. The summed E-state index contributed by atoms with van der Waals surface area (Å²) in [6, 6.07) is -0.782. The number of fused-ring (bicyclic) bond motifs is 2. The van der Waals surface area contributed by atoms with Crippen molar-refractivity contribution in [2.75, 3.05) is 39.3 Å². The second-order valence-corrected chi connectivity index (χ2v) is 11.0. The largest absolute Gasteiger partial charge is 0.396 e. The van der Waals surface area contributed by atoms with E-state index in [1.54, 1.807) is 4.90 Å². The Morgan fingerprint density at radius 2 is 1.51 bits per heavy atom. The lowest BCUT2D eigenvalue weighted by Crippen LogP contribution is -2.56. The van der Waals surface area contributed by atoms with E-state index >= 15 is 0 Å². The SMILES string of the molecule is CCCCCN1CC=C[C@]23O[C@]4(CC)C=CCN(CCC)C(=O)[C@@H]4[C@H]2C(=O)N(CCCCCO)C3C1=O. The summed E-state index contributed by atoms with van der Waals surface area (Å²) in [6.45, 7) is 8.98. The molecule has 5 atom stereocenters. The number of hydrogen-bond donors (Lipinski definition) is 1. The molecule has 8 heteroatoms. The number of unbranched alkanes of at least 4 members (excludes halogenated alkanes) is 4. The standard InChI is InChI=1S/C29H45N3O5/c1-4-7-9-17-31-19-13-15-29-23(26(35)32(24(29)27(31)36)20-10-8-11-21-33)22-25(34)30(16-5-2)18-12-14-28(22,6-3)37-29/h12-15,22-24,33H,4-11,16-21H2,1-3H3/t22-,23-,24?,28+,29-/m0/s1. The van der Waals surface area contributed by atoms with Crippen molar-refractivity contribution in [2.24, 2.45) is 11.8 Å². The fraction of sp³-hybridized carbons (Fsp3) is 0.759. The molecular formula is C29H45N3O5. The van der Waals surface area contributed by atoms with Crippen molar-refractivity contribution in [3.05, 3.63) is 24.3 Å². The molecule has 8 nitrogen and oxygen atoms in total. The van der Waals surface area contributed by atoms with E-state index < -0.39 is 29.1 Å². The summed E-state index contributed by atoms with van der Waals surface area (Å²) in [6.07, 6.45) is 14.4. The number of carbonyl (C=O) groups is 3. The zero-order valence-electron chi connectivity index (χ0n) is 22.9. The number of rotatable bonds is 12. The van der Waals surface area contributed by atoms with Crippen LogP contribution in [0, 0.1) is 11.8 Å². The quantitative estimate of drug-likeness (QED) is 0.319. The van der Waals surface area contributed by atoms with Crippen molar-refractivity contribution < 1.29 is 24.2 Å². The van der Waals surface area contributed by atoms with Gasteiger partial charge in [0.2, 0.25) is 17.7 Å². The molecule has 0 aliphatic carbocycles. The van der Waals surface area contributed by atoms with Crippen molar-refractivity contribution in [1.29, 1.82) is 0 Å². The van der Waals surface area contributed by atoms with Crippen LogP contribution in [0.1, 0.15) is 72.1 Å². The summed E-state index contributed by atoms with van der Waals surface area (Å²) in [5, 5.41) is 9.23. The van der Waals surface area contributed by atoms with Crippen molar-refractivity contribution in [3.63, 3.8) is 0 Å². The smallest absolute Gasteiger partial charge is 0.249 e. The molecule has 3 amide bonds. The van der Waals surface area contributed by atoms with Crippen LogP contribution in [-0.4, -0.2) is 94.1 Å². The zero-order chi connectivity index (χ0) is 26.6. The highest BCUT2D eigenvalue weighted by molar-refractivity contribution is 6.00. The molecule has 4 heterocycles. The maximum absolute atomic E-state index is 14.3. The predicted octanol–water partition coefficient (Wildman–Crippen LogP) is 2.91. The highest BCUT2D eigenvalue weighted by Gasteiger charge is 2.75. The van der Waals surface area contributed by atoms with E-state index in [1.165, 1.54) is 0 Å². The Labute approximate surface area is 221 Å². The first-order valence-corrected chi connectivity index (χ1v) is 14.4. The molecule has 4 aliphatic heterocycles. The average Bonchev–Trinajstić information content (AvgIpc) is 3.18. The monoisotopic (exact) mass is 515 g/mol. The van der Waals surface area contributed by atoms with Gasteiger partial charge in [0.1, 0.15) is 11.6 Å². The third-order valence-electron chi connectivity index (χ3n) is 8.69. The van der Waals surface area contributed by atoms with Crippen LogP contribution in [0.5, 0.6) is 0 Å². The number of amides is 3. The first-order chi connectivity index (χ1) is 17.9. The van der Waals surface area contributed by atoms with Gasteiger partial charge in [-0.3, -0.25) is 14.4 Å². The molecule has 37 heavy (non-hydrogen) atoms. The first kappa shape index (κ1) is 27.8. The van der Waals surface area contributed by atoms with Crippen LogP contribution in [-0.2, 0) is 19.1 Å². The Morgan fingerprint density at radius 1 is 0.811 bits per heavy atom. The van der Waals surface area contributed by atoms with Gasteiger partial charge in [-0.05, 0) is 38.5 Å². The number of nitrogens with zero attached hydrogens (tertiary/aromatic N) is 3. The van der Waals surface area contributed by atoms with Crippen LogP contribution in [0.2, 0.25) is 0 Å². The molecule has 0 radical (unpaired) electrons. The second kappa shape index (κ2) is 11.7. The molecule has 0 aromatic carbocycles. The van der Waals surface area contributed by atoms with Crippen LogP contribution >= 0.6 is 0 Å². The minimum atomic E-state index is -1.17. The van der Waals surface area contributed by atoms with E-state index in [0.717, 1.165) is 32.1 Å². The Hall–Kier alpha value is -2.19. The van der Waals surface area contributed by atoms with Crippen LogP contribution in [0.3, 0.4) is 0 Å². The summed E-state index contributed by atoms with van der Waals surface area (Å²) >= 11 is 0. The molecule has 206 valence electrons. The van der Waals surface area contributed by atoms with Gasteiger partial charge in [0, 0.05) is 39.3 Å². The fourth-order valence-electron chi connectivity index (χ4n) is 6.89. The molecule has 4 aliphatic rings. The number of carbonyl (C=O) groups excluding carboxylic acids is 3. The lowest BCUT2D eigenvalue weighted by atomic mass is 9.73. The number of likely N-dealkylation sites (tertiary alicyclic amines) is 1. The molecular weight excluding hydrogens is 470 g/mol. The maximum Gasteiger partial charge on any atom is 0.249 e. The Morgan fingerprint density at radius 3 is 2.19 bits per heavy atom. The topological polar surface area (TPSA) is 90.4 Å². The van der Waals surface area contributed by atoms with Crippen molar-refractivity contribution in [1.82, 2.24) is 14.7 Å². The fourth-order valence-corrected chi connectivity index (χ4v) is 6.89. The highest BCUT2D eigenvalue weighted by Crippen LogP contribution is 2.58. The number of aliphatic hydroxyl groups is 1. The molecule has 2 saturated heterocycles. The molecule has 2 fully saturated rings. The molecule has 0 aromatic heterocycles. The van der Waals surface area contributed by atoms with E-state index in [4.69, 9.17) is 4.74 Å². The maximum atomic E-state index is 14.3.